The molecule has 0 aliphatic rings. The molecule has 0 aliphatic heterocycles. The largest absolute Gasteiger partial charge is 0.364 e. The Morgan fingerprint density at radius 3 is 2.57 bits per heavy atom. The lowest BCUT2D eigenvalue weighted by atomic mass is 10.2. The molecule has 0 radical (unpaired) electrons. The number of rotatable bonds is 4. The first-order valence-corrected chi connectivity index (χ1v) is 7.65. The van der Waals surface area contributed by atoms with E-state index in [2.05, 4.69) is 14.9 Å². The lowest BCUT2D eigenvalue weighted by molar-refractivity contribution is 0.0996. The zero-order valence-electron chi connectivity index (χ0n) is 11.9. The maximum absolute atomic E-state index is 12.5. The minimum absolute atomic E-state index is 0.0726. The van der Waals surface area contributed by atoms with Crippen molar-refractivity contribution in [1.29, 1.82) is 0 Å². The molecule has 2 rings (SSSR count). The minimum Gasteiger partial charge on any atom is -0.364 e. The summed E-state index contributed by atoms with van der Waals surface area (Å²) in [4.78, 5) is 11.4. The van der Waals surface area contributed by atoms with Crippen molar-refractivity contribution >= 4 is 21.6 Å². The molecule has 0 spiro atoms. The van der Waals surface area contributed by atoms with Crippen LogP contribution in [0, 0.1) is 20.8 Å². The number of anilines is 1. The lowest BCUT2D eigenvalue weighted by Gasteiger charge is -2.11. The molecule has 0 bridgehead atoms. The van der Waals surface area contributed by atoms with E-state index >= 15 is 0 Å². The second-order valence-corrected chi connectivity index (χ2v) is 6.46. The fourth-order valence-corrected chi connectivity index (χ4v) is 3.38. The Morgan fingerprint density at radius 1 is 1.29 bits per heavy atom. The molecule has 112 valence electrons. The third-order valence-corrected chi connectivity index (χ3v) is 4.54. The first-order chi connectivity index (χ1) is 9.72. The van der Waals surface area contributed by atoms with Crippen LogP contribution in [-0.2, 0) is 10.0 Å². The molecule has 4 N–H and O–H groups in total. The van der Waals surface area contributed by atoms with Gasteiger partial charge in [-0.25, -0.2) is 8.42 Å². The number of aromatic amines is 1. The van der Waals surface area contributed by atoms with Gasteiger partial charge in [-0.2, -0.15) is 5.10 Å². The predicted octanol–water partition coefficient (Wildman–Crippen LogP) is 1.23. The lowest BCUT2D eigenvalue weighted by Crippen LogP contribution is -2.19. The number of nitrogens with two attached hydrogens (primary N) is 1. The van der Waals surface area contributed by atoms with E-state index in [1.165, 1.54) is 0 Å². The summed E-state index contributed by atoms with van der Waals surface area (Å²) in [5, 5.41) is 6.25. The van der Waals surface area contributed by atoms with Gasteiger partial charge in [0.2, 0.25) is 0 Å². The van der Waals surface area contributed by atoms with E-state index in [9.17, 15) is 13.2 Å². The third kappa shape index (κ3) is 2.89. The van der Waals surface area contributed by atoms with E-state index < -0.39 is 15.9 Å². The van der Waals surface area contributed by atoms with Gasteiger partial charge in [-0.15, -0.1) is 0 Å². The zero-order valence-corrected chi connectivity index (χ0v) is 12.7. The van der Waals surface area contributed by atoms with Crippen LogP contribution in [0.1, 0.15) is 27.3 Å². The van der Waals surface area contributed by atoms with Crippen molar-refractivity contribution in [3.05, 3.63) is 40.7 Å². The number of primary amides is 1. The van der Waals surface area contributed by atoms with Gasteiger partial charge >= 0.3 is 0 Å². The SMILES string of the molecule is Cc1ccc(C)c(S(=O)(=O)Nc2c(C(N)=O)n[nH]c2C)c1. The van der Waals surface area contributed by atoms with E-state index in [4.69, 9.17) is 5.73 Å². The number of carbonyl (C=O) groups is 1. The first-order valence-electron chi connectivity index (χ1n) is 6.17. The van der Waals surface area contributed by atoms with Crippen LogP contribution in [0.25, 0.3) is 0 Å². The van der Waals surface area contributed by atoms with Gasteiger partial charge in [0.25, 0.3) is 15.9 Å². The van der Waals surface area contributed by atoms with Crippen LogP contribution in [0.2, 0.25) is 0 Å². The van der Waals surface area contributed by atoms with Crippen LogP contribution in [0.3, 0.4) is 0 Å². The van der Waals surface area contributed by atoms with Crippen LogP contribution in [-0.4, -0.2) is 24.5 Å². The second kappa shape index (κ2) is 5.21. The van der Waals surface area contributed by atoms with Crippen molar-refractivity contribution in [3.63, 3.8) is 0 Å². The van der Waals surface area contributed by atoms with E-state index in [0.717, 1.165) is 5.56 Å². The number of aromatic nitrogens is 2. The molecule has 0 aliphatic carbocycles. The average molecular weight is 308 g/mol. The topological polar surface area (TPSA) is 118 Å². The number of carbonyl (C=O) groups excluding carboxylic acids is 1. The summed E-state index contributed by atoms with van der Waals surface area (Å²) < 4.78 is 27.4. The highest BCUT2D eigenvalue weighted by atomic mass is 32.2. The zero-order chi connectivity index (χ0) is 15.8. The number of hydrogen-bond acceptors (Lipinski definition) is 4. The van der Waals surface area contributed by atoms with Gasteiger partial charge in [0, 0.05) is 0 Å². The summed E-state index contributed by atoms with van der Waals surface area (Å²) in [7, 11) is -3.83. The van der Waals surface area contributed by atoms with Crippen LogP contribution in [0.15, 0.2) is 23.1 Å². The molecule has 0 saturated carbocycles. The second-order valence-electron chi connectivity index (χ2n) is 4.81. The van der Waals surface area contributed by atoms with Crippen LogP contribution >= 0.6 is 0 Å². The van der Waals surface area contributed by atoms with Gasteiger partial charge in [-0.3, -0.25) is 14.6 Å². The molecule has 2 aromatic rings. The standard InChI is InChI=1S/C13H16N4O3S/c1-7-4-5-8(2)10(6-7)21(19,20)17-11-9(3)15-16-12(11)13(14)18/h4-6,17H,1-3H3,(H2,14,18)(H,15,16). The highest BCUT2D eigenvalue weighted by molar-refractivity contribution is 7.92. The highest BCUT2D eigenvalue weighted by Crippen LogP contribution is 2.24. The van der Waals surface area contributed by atoms with Gasteiger partial charge in [0.15, 0.2) is 5.69 Å². The molecule has 1 amide bonds. The number of amides is 1. The molecular formula is C13H16N4O3S. The fourth-order valence-electron chi connectivity index (χ4n) is 1.92. The fraction of sp³-hybridized carbons (Fsp3) is 0.231. The Kier molecular flexibility index (Phi) is 3.73. The average Bonchev–Trinajstić information content (AvgIpc) is 2.73. The Hall–Kier alpha value is -2.35. The van der Waals surface area contributed by atoms with E-state index in [-0.39, 0.29) is 16.3 Å². The van der Waals surface area contributed by atoms with Gasteiger partial charge in [0.05, 0.1) is 10.6 Å². The Labute approximate surface area is 122 Å². The van der Waals surface area contributed by atoms with Gasteiger partial charge in [0.1, 0.15) is 5.69 Å². The predicted molar refractivity (Wildman–Crippen MR) is 78.6 cm³/mol. The summed E-state index contributed by atoms with van der Waals surface area (Å²) in [6.07, 6.45) is 0. The molecule has 0 saturated heterocycles. The molecule has 0 atom stereocenters. The van der Waals surface area contributed by atoms with Crippen molar-refractivity contribution < 1.29 is 13.2 Å². The maximum atomic E-state index is 12.5. The summed E-state index contributed by atoms with van der Waals surface area (Å²) in [6.45, 7) is 5.10. The van der Waals surface area contributed by atoms with E-state index in [0.29, 0.717) is 11.3 Å². The number of H-pyrrole nitrogens is 1. The summed E-state index contributed by atoms with van der Waals surface area (Å²) in [6, 6.07) is 5.12. The number of sulfonamides is 1. The Bertz CT molecular complexity index is 809. The smallest absolute Gasteiger partial charge is 0.271 e. The number of aryl methyl sites for hydroxylation is 3. The Morgan fingerprint density at radius 2 is 1.95 bits per heavy atom. The molecule has 8 heteroatoms. The quantitative estimate of drug-likeness (QED) is 0.787. The molecule has 1 heterocycles. The molecule has 7 nitrogen and oxygen atoms in total. The molecule has 0 fully saturated rings. The molecule has 21 heavy (non-hydrogen) atoms. The van der Waals surface area contributed by atoms with Crippen LogP contribution in [0.4, 0.5) is 5.69 Å². The molecule has 0 unspecified atom stereocenters. The molecular weight excluding hydrogens is 292 g/mol. The van der Waals surface area contributed by atoms with Gasteiger partial charge < -0.3 is 5.73 Å². The summed E-state index contributed by atoms with van der Waals surface area (Å²) >= 11 is 0. The van der Waals surface area contributed by atoms with Crippen molar-refractivity contribution in [2.75, 3.05) is 4.72 Å². The number of benzene rings is 1. The van der Waals surface area contributed by atoms with Crippen molar-refractivity contribution in [2.45, 2.75) is 25.7 Å². The van der Waals surface area contributed by atoms with Crippen molar-refractivity contribution in [1.82, 2.24) is 10.2 Å². The summed E-state index contributed by atoms with van der Waals surface area (Å²) in [5.74, 6) is -0.807. The van der Waals surface area contributed by atoms with Crippen LogP contribution < -0.4 is 10.5 Å². The number of hydrogen-bond donors (Lipinski definition) is 3. The minimum atomic E-state index is -3.83. The molecule has 1 aromatic carbocycles. The van der Waals surface area contributed by atoms with E-state index in [1.54, 1.807) is 32.9 Å². The normalized spacial score (nSPS) is 11.4. The maximum Gasteiger partial charge on any atom is 0.271 e. The van der Waals surface area contributed by atoms with Gasteiger partial charge in [-0.05, 0) is 38.0 Å². The van der Waals surface area contributed by atoms with Gasteiger partial charge in [-0.1, -0.05) is 12.1 Å². The first kappa shape index (κ1) is 15.0. The Balaban J connectivity index is 2.50. The third-order valence-electron chi connectivity index (χ3n) is 3.05. The number of nitrogens with one attached hydrogen (secondary N) is 2. The van der Waals surface area contributed by atoms with Crippen LogP contribution in [0.5, 0.6) is 0 Å². The number of nitrogens with zero attached hydrogens (tertiary/aromatic N) is 1. The summed E-state index contributed by atoms with van der Waals surface area (Å²) in [5.41, 5.74) is 6.96. The monoisotopic (exact) mass is 308 g/mol. The molecule has 1 aromatic heterocycles. The van der Waals surface area contributed by atoms with E-state index in [1.807, 2.05) is 6.07 Å². The van der Waals surface area contributed by atoms with Crippen molar-refractivity contribution in [3.8, 4) is 0 Å². The highest BCUT2D eigenvalue weighted by Gasteiger charge is 2.23. The van der Waals surface area contributed by atoms with Crippen molar-refractivity contribution in [2.24, 2.45) is 5.73 Å².